The number of morpholine rings is 1. The quantitative estimate of drug-likeness (QED) is 0.902. The van der Waals surface area contributed by atoms with E-state index in [0.717, 1.165) is 32.8 Å². The molecule has 1 aromatic carbocycles. The molecular formula is C16H24N2O. The third-order valence-electron chi connectivity index (χ3n) is 4.36. The van der Waals surface area contributed by atoms with Gasteiger partial charge in [-0.25, -0.2) is 0 Å². The summed E-state index contributed by atoms with van der Waals surface area (Å²) in [5, 5.41) is 0. The van der Waals surface area contributed by atoms with E-state index in [1.165, 1.54) is 42.4 Å². The molecule has 3 nitrogen and oxygen atoms in total. The van der Waals surface area contributed by atoms with Crippen molar-refractivity contribution in [1.29, 1.82) is 0 Å². The van der Waals surface area contributed by atoms with Crippen LogP contribution in [0, 0.1) is 0 Å². The average molecular weight is 260 g/mol. The molecule has 1 unspecified atom stereocenters. The molecule has 2 N–H and O–H groups in total. The maximum absolute atomic E-state index is 6.38. The van der Waals surface area contributed by atoms with Crippen LogP contribution < -0.4 is 5.73 Å². The fourth-order valence-corrected chi connectivity index (χ4v) is 3.15. The molecule has 2 aliphatic rings. The number of ether oxygens (including phenoxy) is 1. The van der Waals surface area contributed by atoms with Crippen LogP contribution in [0.1, 0.15) is 35.6 Å². The Kier molecular flexibility index (Phi) is 4.16. The van der Waals surface area contributed by atoms with Crippen LogP contribution in [-0.2, 0) is 17.6 Å². The highest BCUT2D eigenvalue weighted by molar-refractivity contribution is 5.35. The number of fused-ring (bicyclic) bond motifs is 1. The molecule has 19 heavy (non-hydrogen) atoms. The highest BCUT2D eigenvalue weighted by atomic mass is 16.5. The molecule has 1 atom stereocenters. The third-order valence-corrected chi connectivity index (χ3v) is 4.36. The largest absolute Gasteiger partial charge is 0.379 e. The third kappa shape index (κ3) is 3.16. The van der Waals surface area contributed by atoms with Gasteiger partial charge < -0.3 is 10.5 Å². The zero-order chi connectivity index (χ0) is 13.1. The van der Waals surface area contributed by atoms with Crippen LogP contribution in [0.3, 0.4) is 0 Å². The van der Waals surface area contributed by atoms with Crippen molar-refractivity contribution in [1.82, 2.24) is 4.90 Å². The molecule has 0 saturated carbocycles. The van der Waals surface area contributed by atoms with Gasteiger partial charge in [0.2, 0.25) is 0 Å². The minimum Gasteiger partial charge on any atom is -0.379 e. The number of hydrogen-bond donors (Lipinski definition) is 1. The van der Waals surface area contributed by atoms with E-state index in [1.54, 1.807) is 0 Å². The molecule has 0 spiro atoms. The molecule has 1 aliphatic heterocycles. The van der Waals surface area contributed by atoms with E-state index >= 15 is 0 Å². The molecule has 1 heterocycles. The SMILES string of the molecule is NC(CN1CCOCC1)c1ccc2c(c1)CCCC2. The smallest absolute Gasteiger partial charge is 0.0594 e. The first-order valence-corrected chi connectivity index (χ1v) is 7.50. The van der Waals surface area contributed by atoms with Crippen molar-refractivity contribution in [3.63, 3.8) is 0 Å². The van der Waals surface area contributed by atoms with E-state index in [9.17, 15) is 0 Å². The van der Waals surface area contributed by atoms with Gasteiger partial charge in [0.15, 0.2) is 0 Å². The molecule has 0 bridgehead atoms. The highest BCUT2D eigenvalue weighted by Crippen LogP contribution is 2.24. The van der Waals surface area contributed by atoms with Crippen LogP contribution in [0.2, 0.25) is 0 Å². The van der Waals surface area contributed by atoms with E-state index in [2.05, 4.69) is 23.1 Å². The van der Waals surface area contributed by atoms with Gasteiger partial charge in [-0.05, 0) is 42.4 Å². The molecule has 1 aromatic rings. The molecule has 0 aromatic heterocycles. The minimum atomic E-state index is 0.130. The predicted octanol–water partition coefficient (Wildman–Crippen LogP) is 1.90. The summed E-state index contributed by atoms with van der Waals surface area (Å²) in [5.41, 5.74) is 10.7. The molecule has 1 aliphatic carbocycles. The van der Waals surface area contributed by atoms with Crippen LogP contribution in [0.25, 0.3) is 0 Å². The normalized spacial score (nSPS) is 21.9. The second-order valence-corrected chi connectivity index (χ2v) is 5.75. The van der Waals surface area contributed by atoms with E-state index in [1.807, 2.05) is 0 Å². The lowest BCUT2D eigenvalue weighted by Crippen LogP contribution is -2.40. The second-order valence-electron chi connectivity index (χ2n) is 5.75. The van der Waals surface area contributed by atoms with Crippen LogP contribution >= 0.6 is 0 Å². The fraction of sp³-hybridized carbons (Fsp3) is 0.625. The Morgan fingerprint density at radius 2 is 1.84 bits per heavy atom. The summed E-state index contributed by atoms with van der Waals surface area (Å²) in [6, 6.07) is 7.00. The summed E-state index contributed by atoms with van der Waals surface area (Å²) in [7, 11) is 0. The fourth-order valence-electron chi connectivity index (χ4n) is 3.15. The van der Waals surface area contributed by atoms with Crippen LogP contribution in [-0.4, -0.2) is 37.7 Å². The van der Waals surface area contributed by atoms with E-state index < -0.39 is 0 Å². The van der Waals surface area contributed by atoms with Gasteiger partial charge >= 0.3 is 0 Å². The summed E-state index contributed by atoms with van der Waals surface area (Å²) in [4.78, 5) is 2.41. The number of hydrogen-bond acceptors (Lipinski definition) is 3. The zero-order valence-electron chi connectivity index (χ0n) is 11.6. The second kappa shape index (κ2) is 6.04. The first kappa shape index (κ1) is 13.1. The number of rotatable bonds is 3. The molecule has 1 saturated heterocycles. The highest BCUT2D eigenvalue weighted by Gasteiger charge is 2.17. The van der Waals surface area contributed by atoms with Crippen molar-refractivity contribution in [2.45, 2.75) is 31.7 Å². The summed E-state index contributed by atoms with van der Waals surface area (Å²) < 4.78 is 5.38. The summed E-state index contributed by atoms with van der Waals surface area (Å²) >= 11 is 0. The van der Waals surface area contributed by atoms with Crippen molar-refractivity contribution in [3.8, 4) is 0 Å². The van der Waals surface area contributed by atoms with Crippen LogP contribution in [0.15, 0.2) is 18.2 Å². The van der Waals surface area contributed by atoms with Crippen molar-refractivity contribution in [3.05, 3.63) is 34.9 Å². The van der Waals surface area contributed by atoms with Gasteiger partial charge in [0.05, 0.1) is 13.2 Å². The van der Waals surface area contributed by atoms with Gasteiger partial charge in [0.25, 0.3) is 0 Å². The Morgan fingerprint density at radius 1 is 1.11 bits per heavy atom. The first-order chi connectivity index (χ1) is 9.33. The monoisotopic (exact) mass is 260 g/mol. The molecule has 3 rings (SSSR count). The molecule has 3 heteroatoms. The maximum Gasteiger partial charge on any atom is 0.0594 e. The first-order valence-electron chi connectivity index (χ1n) is 7.50. The molecular weight excluding hydrogens is 236 g/mol. The standard InChI is InChI=1S/C16H24N2O/c17-16(12-18-7-9-19-10-8-18)15-6-5-13-3-1-2-4-14(13)11-15/h5-6,11,16H,1-4,7-10,12,17H2. The Bertz CT molecular complexity index is 427. The molecule has 1 fully saturated rings. The number of nitrogens with two attached hydrogens (primary N) is 1. The van der Waals surface area contributed by atoms with E-state index in [-0.39, 0.29) is 6.04 Å². The van der Waals surface area contributed by atoms with Crippen molar-refractivity contribution in [2.24, 2.45) is 5.73 Å². The summed E-state index contributed by atoms with van der Waals surface area (Å²) in [6.45, 7) is 4.66. The minimum absolute atomic E-state index is 0.130. The van der Waals surface area contributed by atoms with Gasteiger partial charge in [-0.2, -0.15) is 0 Å². The van der Waals surface area contributed by atoms with Crippen LogP contribution in [0.5, 0.6) is 0 Å². The maximum atomic E-state index is 6.38. The topological polar surface area (TPSA) is 38.5 Å². The lowest BCUT2D eigenvalue weighted by molar-refractivity contribution is 0.0352. The Morgan fingerprint density at radius 3 is 2.63 bits per heavy atom. The summed E-state index contributed by atoms with van der Waals surface area (Å²) in [6.07, 6.45) is 5.14. The Labute approximate surface area is 115 Å². The van der Waals surface area contributed by atoms with Crippen molar-refractivity contribution in [2.75, 3.05) is 32.8 Å². The van der Waals surface area contributed by atoms with Gasteiger partial charge in [-0.3, -0.25) is 4.90 Å². The van der Waals surface area contributed by atoms with E-state index in [4.69, 9.17) is 10.5 Å². The average Bonchev–Trinajstić information content (AvgIpc) is 2.48. The zero-order valence-corrected chi connectivity index (χ0v) is 11.6. The van der Waals surface area contributed by atoms with Gasteiger partial charge in [0, 0.05) is 25.7 Å². The number of benzene rings is 1. The summed E-state index contributed by atoms with van der Waals surface area (Å²) in [5.74, 6) is 0. The Balaban J connectivity index is 1.67. The van der Waals surface area contributed by atoms with Crippen molar-refractivity contribution >= 4 is 0 Å². The van der Waals surface area contributed by atoms with Gasteiger partial charge in [-0.1, -0.05) is 18.2 Å². The number of aryl methyl sites for hydroxylation is 2. The lowest BCUT2D eigenvalue weighted by atomic mass is 9.89. The molecule has 0 amide bonds. The molecule has 104 valence electrons. The number of nitrogens with zero attached hydrogens (tertiary/aromatic N) is 1. The van der Waals surface area contributed by atoms with Crippen molar-refractivity contribution < 1.29 is 4.74 Å². The van der Waals surface area contributed by atoms with Gasteiger partial charge in [-0.15, -0.1) is 0 Å². The predicted molar refractivity (Wildman–Crippen MR) is 77.3 cm³/mol. The molecule has 0 radical (unpaired) electrons. The van der Waals surface area contributed by atoms with E-state index in [0.29, 0.717) is 0 Å². The Hall–Kier alpha value is -0.900. The van der Waals surface area contributed by atoms with Gasteiger partial charge in [0.1, 0.15) is 0 Å². The van der Waals surface area contributed by atoms with Crippen LogP contribution in [0.4, 0.5) is 0 Å². The lowest BCUT2D eigenvalue weighted by Gasteiger charge is -2.29.